The fourth-order valence-electron chi connectivity index (χ4n) is 3.32. The standard InChI is InChI=1S/C21H25N3O4S/c25-18(24-11-7-2-1-3-8-12-24)13-16(21(27)28)22-19(26)17-14-29-20(23-17)15-9-5-4-6-10-15/h4-6,9-10,14,16H,1-3,7-8,11-13H2,(H,22,26)(H,27,28)/t16-/m1/s1. The summed E-state index contributed by atoms with van der Waals surface area (Å²) >= 11 is 1.31. The quantitative estimate of drug-likeness (QED) is 0.755. The van der Waals surface area contributed by atoms with Gasteiger partial charge >= 0.3 is 5.97 Å². The smallest absolute Gasteiger partial charge is 0.326 e. The zero-order chi connectivity index (χ0) is 20.6. The Kier molecular flexibility index (Phi) is 7.35. The van der Waals surface area contributed by atoms with Crippen molar-refractivity contribution < 1.29 is 19.5 Å². The molecule has 1 atom stereocenters. The number of likely N-dealkylation sites (tertiary alicyclic amines) is 1. The molecule has 0 aliphatic carbocycles. The average Bonchev–Trinajstić information content (AvgIpc) is 3.18. The molecule has 1 aliphatic rings. The molecule has 1 fully saturated rings. The molecular weight excluding hydrogens is 390 g/mol. The normalized spacial score (nSPS) is 15.8. The van der Waals surface area contributed by atoms with Gasteiger partial charge in [-0.1, -0.05) is 49.6 Å². The summed E-state index contributed by atoms with van der Waals surface area (Å²) in [7, 11) is 0. The first-order valence-corrected chi connectivity index (χ1v) is 10.7. The van der Waals surface area contributed by atoms with Crippen molar-refractivity contribution in [3.05, 3.63) is 41.4 Å². The molecule has 29 heavy (non-hydrogen) atoms. The van der Waals surface area contributed by atoms with Gasteiger partial charge < -0.3 is 15.3 Å². The lowest BCUT2D eigenvalue weighted by molar-refractivity contribution is -0.143. The van der Waals surface area contributed by atoms with Crippen molar-refractivity contribution in [1.29, 1.82) is 0 Å². The number of carboxylic acid groups (broad SMARTS) is 1. The van der Waals surface area contributed by atoms with Crippen molar-refractivity contribution in [3.8, 4) is 10.6 Å². The number of carboxylic acids is 1. The molecule has 1 aromatic heterocycles. The minimum absolute atomic E-state index is 0.152. The molecule has 154 valence electrons. The van der Waals surface area contributed by atoms with Crippen molar-refractivity contribution in [2.24, 2.45) is 0 Å². The summed E-state index contributed by atoms with van der Waals surface area (Å²) in [5, 5.41) is 14.2. The monoisotopic (exact) mass is 415 g/mol. The maximum absolute atomic E-state index is 12.6. The highest BCUT2D eigenvalue weighted by Gasteiger charge is 2.27. The summed E-state index contributed by atoms with van der Waals surface area (Å²) in [6, 6.07) is 8.17. The van der Waals surface area contributed by atoms with E-state index < -0.39 is 17.9 Å². The summed E-state index contributed by atoms with van der Waals surface area (Å²) < 4.78 is 0. The van der Waals surface area contributed by atoms with E-state index in [0.29, 0.717) is 18.1 Å². The van der Waals surface area contributed by atoms with Crippen LogP contribution in [0.25, 0.3) is 10.6 Å². The van der Waals surface area contributed by atoms with E-state index in [1.807, 2.05) is 30.3 Å². The fourth-order valence-corrected chi connectivity index (χ4v) is 4.13. The largest absolute Gasteiger partial charge is 0.480 e. The third kappa shape index (κ3) is 5.87. The molecule has 1 aromatic carbocycles. The molecule has 2 N–H and O–H groups in total. The number of thiazole rings is 1. The van der Waals surface area contributed by atoms with Gasteiger partial charge in [0.15, 0.2) is 0 Å². The Morgan fingerprint density at radius 2 is 1.72 bits per heavy atom. The van der Waals surface area contributed by atoms with Gasteiger partial charge in [0.25, 0.3) is 5.91 Å². The molecule has 3 rings (SSSR count). The molecule has 7 nitrogen and oxygen atoms in total. The van der Waals surface area contributed by atoms with Crippen LogP contribution in [0.3, 0.4) is 0 Å². The second kappa shape index (κ2) is 10.2. The predicted molar refractivity (Wildman–Crippen MR) is 111 cm³/mol. The Hall–Kier alpha value is -2.74. The topological polar surface area (TPSA) is 99.6 Å². The highest BCUT2D eigenvalue weighted by Crippen LogP contribution is 2.23. The second-order valence-corrected chi connectivity index (χ2v) is 7.98. The van der Waals surface area contributed by atoms with Crippen LogP contribution in [0.2, 0.25) is 0 Å². The van der Waals surface area contributed by atoms with Crippen molar-refractivity contribution in [2.75, 3.05) is 13.1 Å². The number of hydrogen-bond donors (Lipinski definition) is 2. The van der Waals surface area contributed by atoms with E-state index in [-0.39, 0.29) is 18.0 Å². The van der Waals surface area contributed by atoms with Gasteiger partial charge in [-0.2, -0.15) is 0 Å². The van der Waals surface area contributed by atoms with Crippen molar-refractivity contribution in [2.45, 2.75) is 44.6 Å². The van der Waals surface area contributed by atoms with Gasteiger partial charge in [0.05, 0.1) is 6.42 Å². The lowest BCUT2D eigenvalue weighted by atomic mass is 10.1. The van der Waals surface area contributed by atoms with Gasteiger partial charge in [-0.05, 0) is 12.8 Å². The van der Waals surface area contributed by atoms with Crippen LogP contribution in [0.5, 0.6) is 0 Å². The third-order valence-corrected chi connectivity index (χ3v) is 5.84. The van der Waals surface area contributed by atoms with Gasteiger partial charge in [0.1, 0.15) is 16.7 Å². The van der Waals surface area contributed by atoms with Crippen LogP contribution >= 0.6 is 11.3 Å². The predicted octanol–water partition coefficient (Wildman–Crippen LogP) is 3.18. The summed E-state index contributed by atoms with van der Waals surface area (Å²) in [5.74, 6) is -2.04. The van der Waals surface area contributed by atoms with Crippen molar-refractivity contribution >= 4 is 29.1 Å². The summed E-state index contributed by atoms with van der Waals surface area (Å²) in [6.45, 7) is 1.29. The molecule has 0 saturated carbocycles. The van der Waals surface area contributed by atoms with Gasteiger partial charge in [-0.25, -0.2) is 9.78 Å². The van der Waals surface area contributed by atoms with Crippen LogP contribution < -0.4 is 5.32 Å². The Morgan fingerprint density at radius 1 is 1.07 bits per heavy atom. The zero-order valence-corrected chi connectivity index (χ0v) is 17.0. The third-order valence-electron chi connectivity index (χ3n) is 4.95. The molecule has 0 unspecified atom stereocenters. The van der Waals surface area contributed by atoms with E-state index in [1.165, 1.54) is 17.8 Å². The first-order chi connectivity index (χ1) is 14.0. The Bertz CT molecular complexity index is 845. The van der Waals surface area contributed by atoms with E-state index >= 15 is 0 Å². The maximum atomic E-state index is 12.6. The highest BCUT2D eigenvalue weighted by molar-refractivity contribution is 7.13. The van der Waals surface area contributed by atoms with Gasteiger partial charge in [-0.3, -0.25) is 9.59 Å². The van der Waals surface area contributed by atoms with Gasteiger partial charge in [0, 0.05) is 24.0 Å². The number of aliphatic carboxylic acids is 1. The van der Waals surface area contributed by atoms with Crippen LogP contribution in [0, 0.1) is 0 Å². The molecule has 1 saturated heterocycles. The molecule has 2 amide bonds. The summed E-state index contributed by atoms with van der Waals surface area (Å²) in [6.07, 6.45) is 4.94. The van der Waals surface area contributed by atoms with E-state index in [1.54, 1.807) is 10.3 Å². The Labute approximate surface area is 173 Å². The van der Waals surface area contributed by atoms with Crippen LogP contribution in [0.4, 0.5) is 0 Å². The zero-order valence-electron chi connectivity index (χ0n) is 16.2. The van der Waals surface area contributed by atoms with E-state index in [4.69, 9.17) is 0 Å². The van der Waals surface area contributed by atoms with Crippen molar-refractivity contribution in [3.63, 3.8) is 0 Å². The van der Waals surface area contributed by atoms with Crippen molar-refractivity contribution in [1.82, 2.24) is 15.2 Å². The minimum Gasteiger partial charge on any atom is -0.480 e. The molecule has 8 heteroatoms. The number of carbonyl (C=O) groups excluding carboxylic acids is 2. The van der Waals surface area contributed by atoms with Crippen LogP contribution in [-0.2, 0) is 9.59 Å². The number of aromatic nitrogens is 1. The number of nitrogens with zero attached hydrogens (tertiary/aromatic N) is 2. The fraction of sp³-hybridized carbons (Fsp3) is 0.429. The number of benzene rings is 1. The first kappa shape index (κ1) is 21.0. The number of nitrogens with one attached hydrogen (secondary N) is 1. The van der Waals surface area contributed by atoms with E-state index in [2.05, 4.69) is 10.3 Å². The molecule has 1 aliphatic heterocycles. The average molecular weight is 416 g/mol. The molecule has 2 aromatic rings. The number of carbonyl (C=O) groups is 3. The van der Waals surface area contributed by atoms with E-state index in [9.17, 15) is 19.5 Å². The molecule has 0 bridgehead atoms. The van der Waals surface area contributed by atoms with E-state index in [0.717, 1.165) is 31.2 Å². The lowest BCUT2D eigenvalue weighted by Crippen LogP contribution is -2.45. The molecule has 2 heterocycles. The highest BCUT2D eigenvalue weighted by atomic mass is 32.1. The number of amides is 2. The van der Waals surface area contributed by atoms with Crippen LogP contribution in [-0.4, -0.2) is 51.9 Å². The van der Waals surface area contributed by atoms with Crippen LogP contribution in [0.1, 0.15) is 49.0 Å². The Balaban J connectivity index is 1.62. The molecular formula is C21H25N3O4S. The SMILES string of the molecule is O=C(N[C@H](CC(=O)N1CCCCCCC1)C(=O)O)c1csc(-c2ccccc2)n1. The second-order valence-electron chi connectivity index (χ2n) is 7.12. The molecule has 0 radical (unpaired) electrons. The summed E-state index contributed by atoms with van der Waals surface area (Å²) in [5.41, 5.74) is 1.04. The van der Waals surface area contributed by atoms with Gasteiger partial charge in [0.2, 0.25) is 5.91 Å². The van der Waals surface area contributed by atoms with Gasteiger partial charge in [-0.15, -0.1) is 11.3 Å². The number of hydrogen-bond acceptors (Lipinski definition) is 5. The Morgan fingerprint density at radius 3 is 2.38 bits per heavy atom. The van der Waals surface area contributed by atoms with Crippen LogP contribution in [0.15, 0.2) is 35.7 Å². The summed E-state index contributed by atoms with van der Waals surface area (Å²) in [4.78, 5) is 42.7. The number of rotatable bonds is 6. The maximum Gasteiger partial charge on any atom is 0.326 e. The minimum atomic E-state index is -1.28. The first-order valence-electron chi connectivity index (χ1n) is 9.87. The lowest BCUT2D eigenvalue weighted by Gasteiger charge is -2.26. The molecule has 0 spiro atoms.